The van der Waals surface area contributed by atoms with Crippen molar-refractivity contribution >= 4 is 28.8 Å². The standard InChI is InChI=1S/C14H11ClN4O2/c15-10-4-6-11(7-5-10)16-13(20)9-21-14-18-17-12-3-1-2-8-19(12)14/h1-8H,9H2,(H,16,20). The molecule has 0 unspecified atom stereocenters. The van der Waals surface area contributed by atoms with E-state index in [4.69, 9.17) is 16.3 Å². The summed E-state index contributed by atoms with van der Waals surface area (Å²) in [6.07, 6.45) is 1.77. The molecule has 2 aromatic heterocycles. The van der Waals surface area contributed by atoms with E-state index >= 15 is 0 Å². The molecule has 0 aliphatic rings. The minimum absolute atomic E-state index is 0.154. The third-order valence-electron chi connectivity index (χ3n) is 2.74. The number of anilines is 1. The van der Waals surface area contributed by atoms with Crippen molar-refractivity contribution in [3.05, 3.63) is 53.7 Å². The third-order valence-corrected chi connectivity index (χ3v) is 2.99. The van der Waals surface area contributed by atoms with Crippen molar-refractivity contribution in [3.63, 3.8) is 0 Å². The van der Waals surface area contributed by atoms with Crippen LogP contribution in [0.15, 0.2) is 48.7 Å². The molecule has 1 N–H and O–H groups in total. The number of benzene rings is 1. The Hall–Kier alpha value is -2.60. The summed E-state index contributed by atoms with van der Waals surface area (Å²) in [6.45, 7) is -0.154. The van der Waals surface area contributed by atoms with Gasteiger partial charge in [0.1, 0.15) is 0 Å². The number of nitrogens with zero attached hydrogens (tertiary/aromatic N) is 3. The first-order chi connectivity index (χ1) is 10.2. The van der Waals surface area contributed by atoms with Crippen molar-refractivity contribution in [2.75, 3.05) is 11.9 Å². The van der Waals surface area contributed by atoms with Gasteiger partial charge in [0.15, 0.2) is 12.3 Å². The van der Waals surface area contributed by atoms with Gasteiger partial charge in [0, 0.05) is 16.9 Å². The number of pyridine rings is 1. The summed E-state index contributed by atoms with van der Waals surface area (Å²) in [4.78, 5) is 11.8. The summed E-state index contributed by atoms with van der Waals surface area (Å²) in [5.41, 5.74) is 1.31. The van der Waals surface area contributed by atoms with E-state index in [1.165, 1.54) is 0 Å². The van der Waals surface area contributed by atoms with Gasteiger partial charge in [-0.1, -0.05) is 22.8 Å². The van der Waals surface area contributed by atoms with Crippen LogP contribution in [-0.4, -0.2) is 27.1 Å². The third kappa shape index (κ3) is 3.11. The van der Waals surface area contributed by atoms with Gasteiger partial charge in [0.2, 0.25) is 0 Å². The second kappa shape index (κ2) is 5.80. The van der Waals surface area contributed by atoms with E-state index in [0.717, 1.165) is 0 Å². The maximum atomic E-state index is 11.8. The molecule has 0 radical (unpaired) electrons. The van der Waals surface area contributed by atoms with Crippen LogP contribution >= 0.6 is 11.6 Å². The zero-order chi connectivity index (χ0) is 14.7. The van der Waals surface area contributed by atoms with E-state index in [9.17, 15) is 4.79 Å². The number of aromatic nitrogens is 3. The Morgan fingerprint density at radius 3 is 2.81 bits per heavy atom. The zero-order valence-corrected chi connectivity index (χ0v) is 11.6. The number of rotatable bonds is 4. The van der Waals surface area contributed by atoms with Crippen LogP contribution in [0.5, 0.6) is 6.01 Å². The lowest BCUT2D eigenvalue weighted by molar-refractivity contribution is -0.118. The fraction of sp³-hybridized carbons (Fsp3) is 0.0714. The monoisotopic (exact) mass is 302 g/mol. The molecule has 0 fully saturated rings. The van der Waals surface area contributed by atoms with Crippen LogP contribution in [0.1, 0.15) is 0 Å². The Labute approximate surface area is 125 Å². The van der Waals surface area contributed by atoms with Crippen LogP contribution in [0.25, 0.3) is 5.65 Å². The molecule has 0 spiro atoms. The number of nitrogens with one attached hydrogen (secondary N) is 1. The van der Waals surface area contributed by atoms with Crippen molar-refractivity contribution in [2.45, 2.75) is 0 Å². The largest absolute Gasteiger partial charge is 0.453 e. The van der Waals surface area contributed by atoms with Gasteiger partial charge in [0.25, 0.3) is 5.91 Å². The van der Waals surface area contributed by atoms with Crippen molar-refractivity contribution in [3.8, 4) is 6.01 Å². The van der Waals surface area contributed by atoms with E-state index in [-0.39, 0.29) is 18.5 Å². The lowest BCUT2D eigenvalue weighted by atomic mass is 10.3. The molecule has 6 nitrogen and oxygen atoms in total. The van der Waals surface area contributed by atoms with Crippen LogP contribution < -0.4 is 10.1 Å². The van der Waals surface area contributed by atoms with E-state index in [2.05, 4.69) is 15.5 Å². The number of hydrogen-bond acceptors (Lipinski definition) is 4. The highest BCUT2D eigenvalue weighted by Gasteiger charge is 2.08. The van der Waals surface area contributed by atoms with E-state index in [1.807, 2.05) is 12.1 Å². The molecule has 1 amide bonds. The molecule has 0 saturated heterocycles. The predicted molar refractivity (Wildman–Crippen MR) is 78.6 cm³/mol. The molecular weight excluding hydrogens is 292 g/mol. The molecular formula is C14H11ClN4O2. The Kier molecular flexibility index (Phi) is 3.70. The summed E-state index contributed by atoms with van der Waals surface area (Å²) in [6, 6.07) is 12.6. The van der Waals surface area contributed by atoms with Crippen LogP contribution in [0.3, 0.4) is 0 Å². The molecule has 21 heavy (non-hydrogen) atoms. The Bertz CT molecular complexity index is 770. The summed E-state index contributed by atoms with van der Waals surface area (Å²) in [5.74, 6) is -0.287. The second-order valence-electron chi connectivity index (χ2n) is 4.26. The lowest BCUT2D eigenvalue weighted by Gasteiger charge is -2.06. The highest BCUT2D eigenvalue weighted by molar-refractivity contribution is 6.30. The summed E-state index contributed by atoms with van der Waals surface area (Å²) in [5, 5.41) is 11.1. The second-order valence-corrected chi connectivity index (χ2v) is 4.69. The predicted octanol–water partition coefficient (Wildman–Crippen LogP) is 2.40. The molecule has 3 rings (SSSR count). The number of ether oxygens (including phenoxy) is 1. The number of hydrogen-bond donors (Lipinski definition) is 1. The Balaban J connectivity index is 1.62. The molecule has 0 atom stereocenters. The molecule has 1 aromatic carbocycles. The maximum Gasteiger partial charge on any atom is 0.322 e. The molecule has 0 saturated carbocycles. The van der Waals surface area contributed by atoms with E-state index < -0.39 is 0 Å². The van der Waals surface area contributed by atoms with E-state index in [0.29, 0.717) is 16.4 Å². The summed E-state index contributed by atoms with van der Waals surface area (Å²) >= 11 is 5.78. The normalized spacial score (nSPS) is 10.5. The van der Waals surface area contributed by atoms with Crippen molar-refractivity contribution in [2.24, 2.45) is 0 Å². The quantitative estimate of drug-likeness (QED) is 0.803. The molecule has 2 heterocycles. The van der Waals surface area contributed by atoms with Crippen LogP contribution in [0, 0.1) is 0 Å². The van der Waals surface area contributed by atoms with Crippen LogP contribution in [-0.2, 0) is 4.79 Å². The number of carbonyl (C=O) groups excluding carboxylic acids is 1. The average molecular weight is 303 g/mol. The molecule has 3 aromatic rings. The minimum atomic E-state index is -0.287. The van der Waals surface area contributed by atoms with Gasteiger partial charge in [-0.15, -0.1) is 5.10 Å². The van der Waals surface area contributed by atoms with Gasteiger partial charge in [-0.05, 0) is 36.4 Å². The molecule has 7 heteroatoms. The van der Waals surface area contributed by atoms with Gasteiger partial charge in [0.05, 0.1) is 0 Å². The molecule has 106 valence electrons. The summed E-state index contributed by atoms with van der Waals surface area (Å²) in [7, 11) is 0. The number of fused-ring (bicyclic) bond motifs is 1. The van der Waals surface area contributed by atoms with Gasteiger partial charge >= 0.3 is 6.01 Å². The van der Waals surface area contributed by atoms with Crippen molar-refractivity contribution in [1.82, 2.24) is 14.6 Å². The van der Waals surface area contributed by atoms with Crippen LogP contribution in [0.2, 0.25) is 5.02 Å². The average Bonchev–Trinajstić information content (AvgIpc) is 2.91. The number of amides is 1. The first kappa shape index (κ1) is 13.4. The SMILES string of the molecule is O=C(COc1nnc2ccccn12)Nc1ccc(Cl)cc1. The summed E-state index contributed by atoms with van der Waals surface area (Å²) < 4.78 is 7.03. The molecule has 0 aliphatic carbocycles. The highest BCUT2D eigenvalue weighted by atomic mass is 35.5. The van der Waals surface area contributed by atoms with Crippen LogP contribution in [0.4, 0.5) is 5.69 Å². The number of halogens is 1. The lowest BCUT2D eigenvalue weighted by Crippen LogP contribution is -2.20. The fourth-order valence-corrected chi connectivity index (χ4v) is 1.90. The first-order valence-corrected chi connectivity index (χ1v) is 6.58. The molecule has 0 aliphatic heterocycles. The van der Waals surface area contributed by atoms with Crippen molar-refractivity contribution < 1.29 is 9.53 Å². The topological polar surface area (TPSA) is 68.5 Å². The minimum Gasteiger partial charge on any atom is -0.453 e. The molecule has 0 bridgehead atoms. The smallest absolute Gasteiger partial charge is 0.322 e. The fourth-order valence-electron chi connectivity index (χ4n) is 1.78. The van der Waals surface area contributed by atoms with Gasteiger partial charge in [-0.3, -0.25) is 9.20 Å². The maximum absolute atomic E-state index is 11.8. The van der Waals surface area contributed by atoms with Gasteiger partial charge in [-0.2, -0.15) is 0 Å². The van der Waals surface area contributed by atoms with Crippen molar-refractivity contribution in [1.29, 1.82) is 0 Å². The highest BCUT2D eigenvalue weighted by Crippen LogP contribution is 2.13. The number of carbonyl (C=O) groups is 1. The van der Waals surface area contributed by atoms with Gasteiger partial charge < -0.3 is 10.1 Å². The van der Waals surface area contributed by atoms with Gasteiger partial charge in [-0.25, -0.2) is 0 Å². The zero-order valence-electron chi connectivity index (χ0n) is 10.9. The Morgan fingerprint density at radius 1 is 1.19 bits per heavy atom. The van der Waals surface area contributed by atoms with E-state index in [1.54, 1.807) is 40.9 Å². The Morgan fingerprint density at radius 2 is 2.00 bits per heavy atom. The first-order valence-electron chi connectivity index (χ1n) is 6.20.